The minimum atomic E-state index is -0.289. The van der Waals surface area contributed by atoms with E-state index in [9.17, 15) is 4.79 Å². The summed E-state index contributed by atoms with van der Waals surface area (Å²) >= 11 is 6.28. The molecule has 0 bridgehead atoms. The van der Waals surface area contributed by atoms with Gasteiger partial charge in [-0.25, -0.2) is 0 Å². The van der Waals surface area contributed by atoms with E-state index in [-0.39, 0.29) is 11.9 Å². The van der Waals surface area contributed by atoms with Gasteiger partial charge in [-0.3, -0.25) is 4.79 Å². The topological polar surface area (TPSA) is 55.1 Å². The lowest BCUT2D eigenvalue weighted by molar-refractivity contribution is 0.0953. The summed E-state index contributed by atoms with van der Waals surface area (Å²) in [6.07, 6.45) is 0. The van der Waals surface area contributed by atoms with E-state index < -0.39 is 0 Å². The molecule has 1 aromatic carbocycles. The first kappa shape index (κ1) is 12.0. The molecule has 1 amide bonds. The Morgan fingerprint density at radius 1 is 1.47 bits per heavy atom. The molecule has 88 valence electrons. The highest BCUT2D eigenvalue weighted by molar-refractivity contribution is 7.80. The van der Waals surface area contributed by atoms with Gasteiger partial charge in [-0.05, 0) is 24.4 Å². The Bertz CT molecular complexity index is 544. The zero-order valence-electron chi connectivity index (χ0n) is 9.27. The summed E-state index contributed by atoms with van der Waals surface area (Å²) in [7, 11) is 0. The second-order valence-corrected chi connectivity index (χ2v) is 5.30. The monoisotopic (exact) mass is 264 g/mol. The number of rotatable bonds is 3. The van der Waals surface area contributed by atoms with E-state index in [1.54, 1.807) is 6.92 Å². The van der Waals surface area contributed by atoms with Gasteiger partial charge in [0.1, 0.15) is 0 Å². The van der Waals surface area contributed by atoms with Crippen molar-refractivity contribution in [1.82, 2.24) is 5.32 Å². The van der Waals surface area contributed by atoms with Crippen LogP contribution in [0.4, 0.5) is 0 Å². The smallest absolute Gasteiger partial charge is 0.261 e. The number of hydrogen-bond donors (Lipinski definition) is 2. The van der Waals surface area contributed by atoms with E-state index in [1.807, 2.05) is 30.3 Å². The van der Waals surface area contributed by atoms with Gasteiger partial charge in [0.15, 0.2) is 0 Å². The third kappa shape index (κ3) is 2.62. The Balaban J connectivity index is 2.22. The van der Waals surface area contributed by atoms with E-state index in [4.69, 9.17) is 18.0 Å². The molecule has 0 saturated heterocycles. The summed E-state index contributed by atoms with van der Waals surface area (Å²) in [6, 6.07) is 9.48. The first-order valence-electron chi connectivity index (χ1n) is 5.16. The van der Waals surface area contributed by atoms with Gasteiger partial charge in [0.2, 0.25) is 0 Å². The fraction of sp³-hybridized carbons (Fsp3) is 0.167. The predicted molar refractivity (Wildman–Crippen MR) is 75.5 cm³/mol. The Kier molecular flexibility index (Phi) is 3.40. The van der Waals surface area contributed by atoms with Gasteiger partial charge in [0.25, 0.3) is 5.91 Å². The van der Waals surface area contributed by atoms with Gasteiger partial charge < -0.3 is 11.1 Å². The molecule has 0 saturated carbocycles. The molecule has 17 heavy (non-hydrogen) atoms. The first-order chi connectivity index (χ1) is 8.08. The maximum atomic E-state index is 11.9. The summed E-state index contributed by atoms with van der Waals surface area (Å²) in [5, 5.41) is 3.84. The second kappa shape index (κ2) is 4.81. The van der Waals surface area contributed by atoms with E-state index >= 15 is 0 Å². The van der Waals surface area contributed by atoms with Crippen LogP contribution in [0, 0.1) is 0 Å². The van der Waals surface area contributed by atoms with E-state index in [2.05, 4.69) is 5.32 Å². The molecule has 2 aromatic rings. The molecule has 0 aliphatic heterocycles. The molecule has 3 N–H and O–H groups in total. The van der Waals surface area contributed by atoms with Gasteiger partial charge in [-0.2, -0.15) is 0 Å². The zero-order valence-corrected chi connectivity index (χ0v) is 10.9. The summed E-state index contributed by atoms with van der Waals surface area (Å²) in [5.41, 5.74) is 5.46. The third-order valence-corrected chi connectivity index (χ3v) is 3.89. The lowest BCUT2D eigenvalue weighted by Gasteiger charge is -2.10. The number of nitrogens with two attached hydrogens (primary N) is 1. The van der Waals surface area contributed by atoms with Crippen LogP contribution >= 0.6 is 23.6 Å². The Hall–Kier alpha value is -1.46. The Morgan fingerprint density at radius 3 is 2.82 bits per heavy atom. The number of thiocarbonyl (C=S) groups is 1. The van der Waals surface area contributed by atoms with Crippen molar-refractivity contribution >= 4 is 44.5 Å². The highest BCUT2D eigenvalue weighted by Gasteiger charge is 2.13. The van der Waals surface area contributed by atoms with Gasteiger partial charge in [0, 0.05) is 4.70 Å². The molecule has 0 aliphatic carbocycles. The summed E-state index contributed by atoms with van der Waals surface area (Å²) < 4.78 is 1.10. The predicted octanol–water partition coefficient (Wildman–Crippen LogP) is 2.31. The number of thiophene rings is 1. The molecule has 0 spiro atoms. The molecular weight excluding hydrogens is 252 g/mol. The zero-order chi connectivity index (χ0) is 12.4. The number of benzene rings is 1. The van der Waals surface area contributed by atoms with Crippen molar-refractivity contribution in [2.24, 2.45) is 5.73 Å². The Morgan fingerprint density at radius 2 is 2.18 bits per heavy atom. The van der Waals surface area contributed by atoms with Crippen molar-refractivity contribution in [2.45, 2.75) is 13.0 Å². The molecule has 1 unspecified atom stereocenters. The van der Waals surface area contributed by atoms with Gasteiger partial charge in [0.05, 0.1) is 15.9 Å². The van der Waals surface area contributed by atoms with Crippen LogP contribution in [0.15, 0.2) is 30.3 Å². The van der Waals surface area contributed by atoms with Gasteiger partial charge >= 0.3 is 0 Å². The minimum Gasteiger partial charge on any atom is -0.392 e. The van der Waals surface area contributed by atoms with Crippen LogP contribution in [-0.4, -0.2) is 16.9 Å². The van der Waals surface area contributed by atoms with Crippen molar-refractivity contribution in [3.8, 4) is 0 Å². The third-order valence-electron chi connectivity index (χ3n) is 2.42. The standard InChI is InChI=1S/C12H12N2OS2/c1-7(11(13)16)14-12(15)10-6-8-4-2-3-5-9(8)17-10/h2-7H,1H3,(H2,13,16)(H,14,15). The molecule has 5 heteroatoms. The first-order valence-corrected chi connectivity index (χ1v) is 6.39. The molecular formula is C12H12N2OS2. The average molecular weight is 264 g/mol. The number of nitrogens with one attached hydrogen (secondary N) is 1. The molecule has 2 rings (SSSR count). The van der Waals surface area contributed by atoms with Crippen molar-refractivity contribution in [2.75, 3.05) is 0 Å². The quantitative estimate of drug-likeness (QED) is 0.836. The maximum absolute atomic E-state index is 11.9. The molecule has 1 aromatic heterocycles. The molecule has 0 radical (unpaired) electrons. The number of hydrogen-bond acceptors (Lipinski definition) is 3. The number of carbonyl (C=O) groups is 1. The largest absolute Gasteiger partial charge is 0.392 e. The fourth-order valence-electron chi connectivity index (χ4n) is 1.43. The fourth-order valence-corrected chi connectivity index (χ4v) is 2.46. The van der Waals surface area contributed by atoms with Crippen LogP contribution in [0.2, 0.25) is 0 Å². The lowest BCUT2D eigenvalue weighted by atomic mass is 10.2. The van der Waals surface area contributed by atoms with E-state index in [0.717, 1.165) is 10.1 Å². The highest BCUT2D eigenvalue weighted by Crippen LogP contribution is 2.25. The molecule has 3 nitrogen and oxygen atoms in total. The van der Waals surface area contributed by atoms with E-state index in [1.165, 1.54) is 11.3 Å². The summed E-state index contributed by atoms with van der Waals surface area (Å²) in [4.78, 5) is 12.9. The van der Waals surface area contributed by atoms with Crippen LogP contribution < -0.4 is 11.1 Å². The Labute approximate surface area is 109 Å². The maximum Gasteiger partial charge on any atom is 0.261 e. The molecule has 0 aliphatic rings. The molecule has 1 heterocycles. The highest BCUT2D eigenvalue weighted by atomic mass is 32.1. The van der Waals surface area contributed by atoms with Gasteiger partial charge in [-0.15, -0.1) is 11.3 Å². The number of fused-ring (bicyclic) bond motifs is 1. The minimum absolute atomic E-state index is 0.133. The van der Waals surface area contributed by atoms with E-state index in [0.29, 0.717) is 9.87 Å². The van der Waals surface area contributed by atoms with Crippen LogP contribution in [0.1, 0.15) is 16.6 Å². The van der Waals surface area contributed by atoms with Crippen LogP contribution in [-0.2, 0) is 0 Å². The average Bonchev–Trinajstić information content (AvgIpc) is 2.72. The van der Waals surface area contributed by atoms with Crippen molar-refractivity contribution < 1.29 is 4.79 Å². The lowest BCUT2D eigenvalue weighted by Crippen LogP contribution is -2.40. The van der Waals surface area contributed by atoms with Crippen LogP contribution in [0.3, 0.4) is 0 Å². The summed E-state index contributed by atoms with van der Waals surface area (Å²) in [6.45, 7) is 1.77. The van der Waals surface area contributed by atoms with Gasteiger partial charge in [-0.1, -0.05) is 30.4 Å². The van der Waals surface area contributed by atoms with Crippen LogP contribution in [0.25, 0.3) is 10.1 Å². The summed E-state index contributed by atoms with van der Waals surface area (Å²) in [5.74, 6) is -0.133. The van der Waals surface area contributed by atoms with Crippen molar-refractivity contribution in [3.05, 3.63) is 35.2 Å². The van der Waals surface area contributed by atoms with Crippen LogP contribution in [0.5, 0.6) is 0 Å². The molecule has 1 atom stereocenters. The number of amides is 1. The van der Waals surface area contributed by atoms with Crippen molar-refractivity contribution in [1.29, 1.82) is 0 Å². The molecule has 0 fully saturated rings. The second-order valence-electron chi connectivity index (χ2n) is 3.75. The van der Waals surface area contributed by atoms with Crippen molar-refractivity contribution in [3.63, 3.8) is 0 Å². The number of carbonyl (C=O) groups excluding carboxylic acids is 1. The SMILES string of the molecule is CC(NC(=O)c1cc2ccccc2s1)C(N)=S. The normalized spacial score (nSPS) is 12.3.